The summed E-state index contributed by atoms with van der Waals surface area (Å²) in [7, 11) is 0.156. The Bertz CT molecular complexity index is 583. The molecule has 0 saturated carbocycles. The topological polar surface area (TPSA) is 114 Å². The lowest BCUT2D eigenvalue weighted by molar-refractivity contribution is -0.909. The van der Waals surface area contributed by atoms with Crippen LogP contribution >= 0.6 is 0 Å². The molecule has 1 rings (SSSR count). The van der Waals surface area contributed by atoms with Crippen molar-refractivity contribution in [2.24, 2.45) is 4.40 Å². The maximum atomic E-state index is 10.6. The van der Waals surface area contributed by atoms with Gasteiger partial charge in [0, 0.05) is 12.8 Å². The first-order valence-electron chi connectivity index (χ1n) is 7.90. The van der Waals surface area contributed by atoms with E-state index in [4.69, 9.17) is 9.47 Å². The van der Waals surface area contributed by atoms with E-state index in [1.807, 2.05) is 0 Å². The fourth-order valence-electron chi connectivity index (χ4n) is 1.58. The van der Waals surface area contributed by atoms with Crippen LogP contribution < -0.4 is 5.11 Å². The lowest BCUT2D eigenvalue weighted by Gasteiger charge is -2.28. The van der Waals surface area contributed by atoms with Gasteiger partial charge in [-0.3, -0.25) is 4.79 Å². The van der Waals surface area contributed by atoms with Gasteiger partial charge in [-0.05, 0) is 19.4 Å². The first-order valence-corrected chi connectivity index (χ1v) is 9.27. The molecule has 0 amide bonds. The molecule has 0 unspecified atom stereocenters. The minimum absolute atomic E-state index is 0.0417. The number of esters is 1. The third kappa shape index (κ3) is 13.3. The van der Waals surface area contributed by atoms with Crippen molar-refractivity contribution in [3.63, 3.8) is 0 Å². The van der Waals surface area contributed by atoms with Crippen LogP contribution in [0, 0.1) is 0 Å². The molecule has 0 aromatic rings. The third-order valence-corrected chi connectivity index (χ3v) is 3.73. The molecule has 0 bridgehead atoms. The summed E-state index contributed by atoms with van der Waals surface area (Å²) in [5.74, 6) is -0.981. The van der Waals surface area contributed by atoms with Crippen molar-refractivity contribution >= 4 is 22.2 Å². The van der Waals surface area contributed by atoms with Crippen LogP contribution in [0.2, 0.25) is 0 Å². The maximum absolute atomic E-state index is 10.6. The first-order chi connectivity index (χ1) is 11.5. The van der Waals surface area contributed by atoms with Crippen molar-refractivity contribution in [3.8, 4) is 0 Å². The SMILES string of the molecule is CC1=CC([O-])=NS(=O)(=O)O1.CCCCOC[N+](C)(C)CCOC(C)=O. The van der Waals surface area contributed by atoms with Crippen LogP contribution in [0.3, 0.4) is 0 Å². The fraction of sp³-hybridized carbons (Fsp3) is 0.733. The van der Waals surface area contributed by atoms with Crippen molar-refractivity contribution in [2.75, 3.05) is 40.6 Å². The van der Waals surface area contributed by atoms with Crippen LogP contribution in [0.25, 0.3) is 0 Å². The molecule has 0 saturated heterocycles. The van der Waals surface area contributed by atoms with Crippen LogP contribution in [0.5, 0.6) is 0 Å². The van der Waals surface area contributed by atoms with Crippen LogP contribution in [0.1, 0.15) is 33.6 Å². The summed E-state index contributed by atoms with van der Waals surface area (Å²) < 4.78 is 38.9. The Kier molecular flexibility index (Phi) is 10.3. The fourth-order valence-corrected chi connectivity index (χ4v) is 2.27. The molecule has 25 heavy (non-hydrogen) atoms. The van der Waals surface area contributed by atoms with Gasteiger partial charge in [0.05, 0.1) is 20.7 Å². The number of rotatable bonds is 8. The molecular formula is C15H28N2O7S. The van der Waals surface area contributed by atoms with Crippen molar-refractivity contribution in [1.29, 1.82) is 0 Å². The van der Waals surface area contributed by atoms with Crippen molar-refractivity contribution in [2.45, 2.75) is 33.6 Å². The van der Waals surface area contributed by atoms with Crippen LogP contribution in [-0.2, 0) is 28.8 Å². The van der Waals surface area contributed by atoms with Gasteiger partial charge in [0.25, 0.3) is 0 Å². The molecule has 0 aliphatic carbocycles. The van der Waals surface area contributed by atoms with E-state index >= 15 is 0 Å². The van der Waals surface area contributed by atoms with Gasteiger partial charge in [0.1, 0.15) is 18.9 Å². The largest absolute Gasteiger partial charge is 0.858 e. The molecule has 1 aliphatic rings. The van der Waals surface area contributed by atoms with Gasteiger partial charge in [-0.25, -0.2) is 0 Å². The standard InChI is InChI=1S/C11H24NO3.C4H5NO4S/c1-5-6-8-14-10-12(3,4)7-9-15-11(2)13;1-3-2-4(6)5-10(7,8)9-3/h5-10H2,1-4H3;2H,1H3,(H,5,6)/q+1;/p-1. The summed E-state index contributed by atoms with van der Waals surface area (Å²) in [5, 5.41) is 10.4. The predicted molar refractivity (Wildman–Crippen MR) is 90.5 cm³/mol. The molecule has 0 aromatic carbocycles. The number of nitrogens with zero attached hydrogens (tertiary/aromatic N) is 2. The lowest BCUT2D eigenvalue weighted by atomic mass is 10.4. The monoisotopic (exact) mass is 380 g/mol. The highest BCUT2D eigenvalue weighted by molar-refractivity contribution is 7.85. The van der Waals surface area contributed by atoms with E-state index in [1.54, 1.807) is 0 Å². The zero-order valence-corrected chi connectivity index (χ0v) is 16.3. The molecular weight excluding hydrogens is 352 g/mol. The van der Waals surface area contributed by atoms with E-state index < -0.39 is 16.2 Å². The molecule has 10 heteroatoms. The van der Waals surface area contributed by atoms with E-state index in [-0.39, 0.29) is 11.7 Å². The summed E-state index contributed by atoms with van der Waals surface area (Å²) in [6.07, 6.45) is 3.26. The van der Waals surface area contributed by atoms with Crippen LogP contribution in [0.15, 0.2) is 16.2 Å². The molecule has 0 fully saturated rings. The average Bonchev–Trinajstić information content (AvgIpc) is 2.41. The highest BCUT2D eigenvalue weighted by Crippen LogP contribution is 2.09. The van der Waals surface area contributed by atoms with Crippen molar-refractivity contribution < 1.29 is 36.5 Å². The minimum Gasteiger partial charge on any atom is -0.858 e. The van der Waals surface area contributed by atoms with E-state index in [9.17, 15) is 18.3 Å². The molecule has 0 spiro atoms. The molecule has 0 aromatic heterocycles. The summed E-state index contributed by atoms with van der Waals surface area (Å²) in [5.41, 5.74) is 0. The zero-order chi connectivity index (χ0) is 19.5. The number of likely N-dealkylation sites (N-methyl/N-ethyl adjacent to an activating group) is 1. The number of quaternary nitrogens is 1. The van der Waals surface area contributed by atoms with Gasteiger partial charge >= 0.3 is 16.3 Å². The van der Waals surface area contributed by atoms with E-state index in [0.717, 1.165) is 36.6 Å². The zero-order valence-electron chi connectivity index (χ0n) is 15.5. The number of hydrogen-bond donors (Lipinski definition) is 0. The summed E-state index contributed by atoms with van der Waals surface area (Å²) >= 11 is 0. The van der Waals surface area contributed by atoms with E-state index in [0.29, 0.717) is 13.3 Å². The molecule has 1 aliphatic heterocycles. The number of unbranched alkanes of at least 4 members (excludes halogenated alkanes) is 1. The Hall–Kier alpha value is -1.65. The summed E-state index contributed by atoms with van der Waals surface area (Å²) in [6, 6.07) is 0. The van der Waals surface area contributed by atoms with Gasteiger partial charge in [-0.15, -0.1) is 4.40 Å². The second-order valence-electron chi connectivity index (χ2n) is 6.09. The molecule has 0 atom stereocenters. The Labute approximate surface area is 149 Å². The Balaban J connectivity index is 0.000000496. The number of allylic oxidation sites excluding steroid dienone is 1. The van der Waals surface area contributed by atoms with Crippen LogP contribution in [0.4, 0.5) is 0 Å². The van der Waals surface area contributed by atoms with Gasteiger partial charge in [-0.1, -0.05) is 13.3 Å². The van der Waals surface area contributed by atoms with Gasteiger partial charge < -0.3 is 23.2 Å². The Morgan fingerprint density at radius 3 is 2.48 bits per heavy atom. The minimum atomic E-state index is -3.97. The normalized spacial score (nSPS) is 15.9. The Morgan fingerprint density at radius 1 is 1.36 bits per heavy atom. The summed E-state index contributed by atoms with van der Waals surface area (Å²) in [6.45, 7) is 7.66. The number of hydrogen-bond acceptors (Lipinski definition) is 7. The second kappa shape index (κ2) is 11.1. The first kappa shape index (κ1) is 23.4. The van der Waals surface area contributed by atoms with Crippen molar-refractivity contribution in [3.05, 3.63) is 11.8 Å². The highest BCUT2D eigenvalue weighted by Gasteiger charge is 2.15. The summed E-state index contributed by atoms with van der Waals surface area (Å²) in [4.78, 5) is 10.6. The molecule has 0 N–H and O–H groups in total. The Morgan fingerprint density at radius 2 is 2.00 bits per heavy atom. The van der Waals surface area contributed by atoms with E-state index in [2.05, 4.69) is 29.6 Å². The molecule has 0 radical (unpaired) electrons. The average molecular weight is 380 g/mol. The number of carbonyl (C=O) groups is 1. The number of carbonyl (C=O) groups excluding carboxylic acids is 1. The lowest BCUT2D eigenvalue weighted by Crippen LogP contribution is -2.44. The van der Waals surface area contributed by atoms with E-state index in [1.165, 1.54) is 13.8 Å². The molecule has 9 nitrogen and oxygen atoms in total. The molecule has 146 valence electrons. The number of ether oxygens (including phenoxy) is 2. The maximum Gasteiger partial charge on any atom is 0.427 e. The smallest absolute Gasteiger partial charge is 0.427 e. The van der Waals surface area contributed by atoms with Gasteiger partial charge in [-0.2, -0.15) is 8.42 Å². The van der Waals surface area contributed by atoms with Gasteiger partial charge in [0.15, 0.2) is 6.73 Å². The predicted octanol–water partition coefficient (Wildman–Crippen LogP) is 0.324. The quantitative estimate of drug-likeness (QED) is 0.258. The van der Waals surface area contributed by atoms with Crippen molar-refractivity contribution in [1.82, 2.24) is 0 Å². The second-order valence-corrected chi connectivity index (χ2v) is 7.29. The highest BCUT2D eigenvalue weighted by atomic mass is 32.2. The van der Waals surface area contributed by atoms with Gasteiger partial charge in [0.2, 0.25) is 0 Å². The molecule has 1 heterocycles. The van der Waals surface area contributed by atoms with Crippen LogP contribution in [-0.4, -0.2) is 65.4 Å². The third-order valence-electron chi connectivity index (χ3n) is 2.85.